The third-order valence-electron chi connectivity index (χ3n) is 4.00. The second-order valence-corrected chi connectivity index (χ2v) is 6.48. The van der Waals surface area contributed by atoms with Crippen LogP contribution in [0.5, 0.6) is 0 Å². The Kier molecular flexibility index (Phi) is 3.77. The third-order valence-corrected chi connectivity index (χ3v) is 4.84. The average molecular weight is 362 g/mol. The van der Waals surface area contributed by atoms with Gasteiger partial charge in [0, 0.05) is 24.8 Å². The summed E-state index contributed by atoms with van der Waals surface area (Å²) in [5.41, 5.74) is 1.47. The van der Waals surface area contributed by atoms with Gasteiger partial charge in [-0.2, -0.15) is 0 Å². The van der Waals surface area contributed by atoms with Gasteiger partial charge < -0.3 is 9.30 Å². The first-order chi connectivity index (χ1) is 9.55. The minimum absolute atomic E-state index is 0.0888. The second-order valence-electron chi connectivity index (χ2n) is 5.36. The zero-order valence-corrected chi connectivity index (χ0v) is 13.5. The van der Waals surface area contributed by atoms with Crippen LogP contribution in [0.25, 0.3) is 11.0 Å². The number of alkyl halides is 1. The lowest BCUT2D eigenvalue weighted by atomic mass is 9.91. The first-order valence-corrected chi connectivity index (χ1v) is 7.88. The number of fused-ring (bicyclic) bond motifs is 1. The average Bonchev–Trinajstić information content (AvgIpc) is 2.78. The van der Waals surface area contributed by atoms with Crippen LogP contribution >= 0.6 is 27.5 Å². The topological polar surface area (TPSA) is 27.1 Å². The van der Waals surface area contributed by atoms with Crippen LogP contribution in [0.2, 0.25) is 0 Å². The molecule has 0 amide bonds. The van der Waals surface area contributed by atoms with E-state index < -0.39 is 0 Å². The van der Waals surface area contributed by atoms with Crippen LogP contribution in [-0.2, 0) is 16.2 Å². The summed E-state index contributed by atoms with van der Waals surface area (Å²) in [4.78, 5) is 4.48. The summed E-state index contributed by atoms with van der Waals surface area (Å²) in [5.74, 6) is 0.786. The molecule has 1 fully saturated rings. The Labute approximate surface area is 130 Å². The molecule has 0 atom stereocenters. The van der Waals surface area contributed by atoms with Gasteiger partial charge in [0.25, 0.3) is 0 Å². The number of halogens is 3. The van der Waals surface area contributed by atoms with Gasteiger partial charge >= 0.3 is 0 Å². The van der Waals surface area contributed by atoms with Crippen LogP contribution in [0.1, 0.15) is 25.6 Å². The van der Waals surface area contributed by atoms with Crippen LogP contribution in [-0.4, -0.2) is 22.8 Å². The first-order valence-electron chi connectivity index (χ1n) is 6.56. The lowest BCUT2D eigenvalue weighted by Crippen LogP contribution is -2.37. The molecule has 2 aromatic rings. The van der Waals surface area contributed by atoms with E-state index in [1.54, 1.807) is 6.07 Å². The van der Waals surface area contributed by atoms with Crippen LogP contribution in [0, 0.1) is 5.82 Å². The van der Waals surface area contributed by atoms with Gasteiger partial charge in [0.1, 0.15) is 11.6 Å². The number of hydrogen-bond acceptors (Lipinski definition) is 2. The maximum absolute atomic E-state index is 13.7. The summed E-state index contributed by atoms with van der Waals surface area (Å²) >= 11 is 9.29. The number of imidazole rings is 1. The molecule has 1 aliphatic heterocycles. The van der Waals surface area contributed by atoms with Crippen molar-refractivity contribution in [3.63, 3.8) is 0 Å². The van der Waals surface area contributed by atoms with Crippen molar-refractivity contribution >= 4 is 38.6 Å². The smallest absolute Gasteiger partial charge is 0.139 e. The lowest BCUT2D eigenvalue weighted by Gasteiger charge is -2.36. The highest BCUT2D eigenvalue weighted by Crippen LogP contribution is 2.35. The summed E-state index contributed by atoms with van der Waals surface area (Å²) < 4.78 is 21.7. The Bertz CT molecular complexity index is 652. The van der Waals surface area contributed by atoms with Crippen molar-refractivity contribution in [3.8, 4) is 0 Å². The molecule has 0 N–H and O–H groups in total. The molecule has 1 aromatic carbocycles. The number of ether oxygens (including phenoxy) is 1. The maximum atomic E-state index is 13.7. The third kappa shape index (κ3) is 2.26. The van der Waals surface area contributed by atoms with Crippen molar-refractivity contribution in [2.75, 3.05) is 13.2 Å². The molecule has 0 unspecified atom stereocenters. The van der Waals surface area contributed by atoms with Crippen molar-refractivity contribution in [1.29, 1.82) is 0 Å². The molecular weight excluding hydrogens is 347 g/mol. The van der Waals surface area contributed by atoms with E-state index in [0.717, 1.165) is 37.4 Å². The molecule has 0 spiro atoms. The fraction of sp³-hybridized carbons (Fsp3) is 0.500. The molecule has 6 heteroatoms. The standard InChI is InChI=1S/C14H15BrClFN2O/c1-14(2-4-20-5-3-14)19-12-6-9(15)10(17)7-11(12)18-13(19)8-16/h6-7H,2-5,8H2,1H3. The van der Waals surface area contributed by atoms with Gasteiger partial charge in [-0.25, -0.2) is 9.37 Å². The van der Waals surface area contributed by atoms with E-state index in [1.165, 1.54) is 6.07 Å². The van der Waals surface area contributed by atoms with E-state index in [-0.39, 0.29) is 11.4 Å². The van der Waals surface area contributed by atoms with E-state index in [4.69, 9.17) is 16.3 Å². The van der Waals surface area contributed by atoms with E-state index in [0.29, 0.717) is 15.9 Å². The quantitative estimate of drug-likeness (QED) is 0.750. The first kappa shape index (κ1) is 14.3. The summed E-state index contributed by atoms with van der Waals surface area (Å²) in [6.07, 6.45) is 1.80. The summed E-state index contributed by atoms with van der Waals surface area (Å²) in [6, 6.07) is 3.24. The fourth-order valence-corrected chi connectivity index (χ4v) is 3.36. The van der Waals surface area contributed by atoms with E-state index >= 15 is 0 Å². The molecule has 0 saturated carbocycles. The van der Waals surface area contributed by atoms with Gasteiger partial charge in [-0.05, 0) is 41.8 Å². The Morgan fingerprint density at radius 1 is 1.45 bits per heavy atom. The monoisotopic (exact) mass is 360 g/mol. The van der Waals surface area contributed by atoms with Crippen molar-refractivity contribution in [1.82, 2.24) is 9.55 Å². The minimum atomic E-state index is -0.305. The molecule has 0 bridgehead atoms. The largest absolute Gasteiger partial charge is 0.381 e. The molecular formula is C14H15BrClFN2O. The zero-order valence-electron chi connectivity index (χ0n) is 11.1. The molecule has 0 radical (unpaired) electrons. The Hall–Kier alpha value is -0.650. The van der Waals surface area contributed by atoms with Crippen LogP contribution in [0.15, 0.2) is 16.6 Å². The van der Waals surface area contributed by atoms with Crippen molar-refractivity contribution in [2.24, 2.45) is 0 Å². The lowest BCUT2D eigenvalue weighted by molar-refractivity contribution is 0.0303. The SMILES string of the molecule is CC1(n2c(CCl)nc3cc(F)c(Br)cc32)CCOCC1. The number of rotatable bonds is 2. The van der Waals surface area contributed by atoms with Gasteiger partial charge in [0.05, 0.1) is 21.4 Å². The number of nitrogens with zero attached hydrogens (tertiary/aromatic N) is 2. The van der Waals surface area contributed by atoms with E-state index in [9.17, 15) is 4.39 Å². The zero-order chi connectivity index (χ0) is 14.3. The Balaban J connectivity index is 2.24. The normalized spacial score (nSPS) is 18.6. The molecule has 1 aliphatic rings. The van der Waals surface area contributed by atoms with Crippen molar-refractivity contribution in [3.05, 3.63) is 28.2 Å². The van der Waals surface area contributed by atoms with Gasteiger partial charge in [0.15, 0.2) is 0 Å². The maximum Gasteiger partial charge on any atom is 0.139 e. The van der Waals surface area contributed by atoms with Crippen LogP contribution < -0.4 is 0 Å². The Morgan fingerprint density at radius 2 is 2.15 bits per heavy atom. The van der Waals surface area contributed by atoms with Gasteiger partial charge in [0.2, 0.25) is 0 Å². The molecule has 1 aromatic heterocycles. The van der Waals surface area contributed by atoms with Crippen molar-refractivity contribution in [2.45, 2.75) is 31.2 Å². The highest BCUT2D eigenvalue weighted by Gasteiger charge is 2.33. The summed E-state index contributed by atoms with van der Waals surface area (Å²) in [6.45, 7) is 3.63. The van der Waals surface area contributed by atoms with Gasteiger partial charge in [-0.1, -0.05) is 0 Å². The second kappa shape index (κ2) is 5.28. The van der Waals surface area contributed by atoms with E-state index in [1.807, 2.05) is 0 Å². The molecule has 3 nitrogen and oxygen atoms in total. The highest BCUT2D eigenvalue weighted by molar-refractivity contribution is 9.10. The van der Waals surface area contributed by atoms with Gasteiger partial charge in [-0.15, -0.1) is 11.6 Å². The predicted octanol–water partition coefficient (Wildman–Crippen LogP) is 4.20. The van der Waals surface area contributed by atoms with Crippen LogP contribution in [0.4, 0.5) is 4.39 Å². The molecule has 108 valence electrons. The molecule has 20 heavy (non-hydrogen) atoms. The molecule has 0 aliphatic carbocycles. The van der Waals surface area contributed by atoms with Crippen LogP contribution in [0.3, 0.4) is 0 Å². The number of benzene rings is 1. The summed E-state index contributed by atoms with van der Waals surface area (Å²) in [5, 5.41) is 0. The highest BCUT2D eigenvalue weighted by atomic mass is 79.9. The van der Waals surface area contributed by atoms with Gasteiger partial charge in [-0.3, -0.25) is 0 Å². The number of hydrogen-bond donors (Lipinski definition) is 0. The van der Waals surface area contributed by atoms with Crippen molar-refractivity contribution < 1.29 is 9.13 Å². The van der Waals surface area contributed by atoms with E-state index in [2.05, 4.69) is 32.4 Å². The Morgan fingerprint density at radius 3 is 2.80 bits per heavy atom. The molecule has 1 saturated heterocycles. The fourth-order valence-electron chi connectivity index (χ4n) is 2.85. The molecule has 3 rings (SSSR count). The number of aromatic nitrogens is 2. The predicted molar refractivity (Wildman–Crippen MR) is 80.6 cm³/mol. The summed E-state index contributed by atoms with van der Waals surface area (Å²) in [7, 11) is 0. The molecule has 2 heterocycles. The minimum Gasteiger partial charge on any atom is -0.381 e.